The van der Waals surface area contributed by atoms with Crippen LogP contribution in [0.2, 0.25) is 5.02 Å². The number of nitrogens with one attached hydrogen (secondary N) is 1. The van der Waals surface area contributed by atoms with Gasteiger partial charge in [-0.1, -0.05) is 18.5 Å². The Morgan fingerprint density at radius 1 is 1.24 bits per heavy atom. The van der Waals surface area contributed by atoms with E-state index in [1.807, 2.05) is 17.0 Å². The molecule has 132 valence electrons. The number of ether oxygens (including phenoxy) is 1. The van der Waals surface area contributed by atoms with Gasteiger partial charge in [0.25, 0.3) is 5.91 Å². The lowest BCUT2D eigenvalue weighted by Crippen LogP contribution is -2.38. The third-order valence-corrected chi connectivity index (χ3v) is 4.79. The van der Waals surface area contributed by atoms with Crippen molar-refractivity contribution < 1.29 is 9.53 Å². The molecular formula is C19H22ClN3O2. The SMILES string of the molecule is COc1ccc(Nc2ccc(C(=O)N3CCC(C)CC3)nc2)cc1Cl. The van der Waals surface area contributed by atoms with Crippen LogP contribution in [0.25, 0.3) is 0 Å². The highest BCUT2D eigenvalue weighted by molar-refractivity contribution is 6.32. The van der Waals surface area contributed by atoms with Crippen molar-refractivity contribution in [2.24, 2.45) is 5.92 Å². The van der Waals surface area contributed by atoms with Gasteiger partial charge in [-0.2, -0.15) is 0 Å². The van der Waals surface area contributed by atoms with Crippen LogP contribution in [0, 0.1) is 5.92 Å². The van der Waals surface area contributed by atoms with E-state index in [2.05, 4.69) is 17.2 Å². The summed E-state index contributed by atoms with van der Waals surface area (Å²) in [6, 6.07) is 9.07. The van der Waals surface area contributed by atoms with Gasteiger partial charge in [-0.05, 0) is 49.1 Å². The number of aromatic nitrogens is 1. The highest BCUT2D eigenvalue weighted by atomic mass is 35.5. The Hall–Kier alpha value is -2.27. The molecule has 0 atom stereocenters. The normalized spacial score (nSPS) is 15.1. The van der Waals surface area contributed by atoms with E-state index in [0.717, 1.165) is 37.3 Å². The maximum atomic E-state index is 12.5. The Balaban J connectivity index is 1.66. The lowest BCUT2D eigenvalue weighted by molar-refractivity contribution is 0.0691. The van der Waals surface area contributed by atoms with E-state index >= 15 is 0 Å². The molecule has 0 aliphatic carbocycles. The monoisotopic (exact) mass is 359 g/mol. The number of methoxy groups -OCH3 is 1. The van der Waals surface area contributed by atoms with Crippen molar-refractivity contribution >= 4 is 28.9 Å². The number of hydrogen-bond acceptors (Lipinski definition) is 4. The second-order valence-corrected chi connectivity index (χ2v) is 6.79. The summed E-state index contributed by atoms with van der Waals surface area (Å²) in [5.41, 5.74) is 2.11. The largest absolute Gasteiger partial charge is 0.495 e. The smallest absolute Gasteiger partial charge is 0.272 e. The number of amides is 1. The number of nitrogens with zero attached hydrogens (tertiary/aromatic N) is 2. The molecule has 0 bridgehead atoms. The molecule has 3 rings (SSSR count). The highest BCUT2D eigenvalue weighted by Gasteiger charge is 2.22. The van der Waals surface area contributed by atoms with Crippen LogP contribution in [0.5, 0.6) is 5.75 Å². The number of pyridine rings is 1. The summed E-state index contributed by atoms with van der Waals surface area (Å²) < 4.78 is 5.14. The summed E-state index contributed by atoms with van der Waals surface area (Å²) in [7, 11) is 1.58. The molecule has 0 spiro atoms. The molecule has 1 aromatic heterocycles. The van der Waals surface area contributed by atoms with Gasteiger partial charge in [-0.3, -0.25) is 4.79 Å². The number of likely N-dealkylation sites (tertiary alicyclic amines) is 1. The molecule has 1 aromatic carbocycles. The number of carbonyl (C=O) groups excluding carboxylic acids is 1. The number of carbonyl (C=O) groups is 1. The molecule has 1 saturated heterocycles. The number of anilines is 2. The minimum Gasteiger partial charge on any atom is -0.495 e. The fourth-order valence-electron chi connectivity index (χ4n) is 2.88. The van der Waals surface area contributed by atoms with Crippen molar-refractivity contribution in [2.75, 3.05) is 25.5 Å². The molecule has 25 heavy (non-hydrogen) atoms. The van der Waals surface area contributed by atoms with Gasteiger partial charge in [0.05, 0.1) is 24.0 Å². The van der Waals surface area contributed by atoms with Crippen molar-refractivity contribution in [3.8, 4) is 5.75 Å². The zero-order chi connectivity index (χ0) is 17.8. The van der Waals surface area contributed by atoms with Gasteiger partial charge >= 0.3 is 0 Å². The molecule has 2 aromatic rings. The lowest BCUT2D eigenvalue weighted by atomic mass is 9.99. The minimum atomic E-state index is 0.00550. The molecule has 1 aliphatic heterocycles. The average Bonchev–Trinajstić information content (AvgIpc) is 2.63. The Labute approximate surface area is 153 Å². The van der Waals surface area contributed by atoms with Gasteiger partial charge in [-0.25, -0.2) is 4.98 Å². The van der Waals surface area contributed by atoms with Crippen LogP contribution in [0.3, 0.4) is 0 Å². The number of hydrogen-bond donors (Lipinski definition) is 1. The topological polar surface area (TPSA) is 54.5 Å². The third kappa shape index (κ3) is 4.23. The van der Waals surface area contributed by atoms with Crippen LogP contribution < -0.4 is 10.1 Å². The summed E-state index contributed by atoms with van der Waals surface area (Å²) in [6.07, 6.45) is 3.78. The standard InChI is InChI=1S/C19H22ClN3O2/c1-13-7-9-23(10-8-13)19(24)17-5-3-15(12-21-17)22-14-4-6-18(25-2)16(20)11-14/h3-6,11-13,22H,7-10H2,1-2H3. The fourth-order valence-corrected chi connectivity index (χ4v) is 3.14. The highest BCUT2D eigenvalue weighted by Crippen LogP contribution is 2.28. The first-order chi connectivity index (χ1) is 12.1. The van der Waals surface area contributed by atoms with E-state index in [1.165, 1.54) is 0 Å². The molecule has 5 nitrogen and oxygen atoms in total. The van der Waals surface area contributed by atoms with Gasteiger partial charge in [0, 0.05) is 18.8 Å². The predicted octanol–water partition coefficient (Wildman–Crippen LogP) is 4.36. The van der Waals surface area contributed by atoms with Crippen LogP contribution in [0.1, 0.15) is 30.3 Å². The van der Waals surface area contributed by atoms with E-state index in [-0.39, 0.29) is 5.91 Å². The summed E-state index contributed by atoms with van der Waals surface area (Å²) in [5.74, 6) is 1.33. The van der Waals surface area contributed by atoms with E-state index < -0.39 is 0 Å². The van der Waals surface area contributed by atoms with Crippen LogP contribution in [-0.2, 0) is 0 Å². The summed E-state index contributed by atoms with van der Waals surface area (Å²) in [6.45, 7) is 3.85. The maximum absolute atomic E-state index is 12.5. The van der Waals surface area contributed by atoms with Crippen molar-refractivity contribution in [1.29, 1.82) is 0 Å². The Morgan fingerprint density at radius 3 is 2.56 bits per heavy atom. The zero-order valence-corrected chi connectivity index (χ0v) is 15.2. The molecule has 1 N–H and O–H groups in total. The Kier molecular flexibility index (Phi) is 5.43. The van der Waals surface area contributed by atoms with Gasteiger partial charge < -0.3 is 15.0 Å². The van der Waals surface area contributed by atoms with Crippen LogP contribution in [0.15, 0.2) is 36.5 Å². The number of rotatable bonds is 4. The third-order valence-electron chi connectivity index (χ3n) is 4.49. The van der Waals surface area contributed by atoms with E-state index in [0.29, 0.717) is 22.4 Å². The summed E-state index contributed by atoms with van der Waals surface area (Å²) in [5, 5.41) is 3.75. The molecule has 1 aliphatic rings. The molecule has 2 heterocycles. The number of halogens is 1. The number of benzene rings is 1. The minimum absolute atomic E-state index is 0.00550. The molecule has 1 amide bonds. The van der Waals surface area contributed by atoms with E-state index in [4.69, 9.17) is 16.3 Å². The van der Waals surface area contributed by atoms with Gasteiger partial charge in [0.15, 0.2) is 0 Å². The second-order valence-electron chi connectivity index (χ2n) is 6.38. The quantitative estimate of drug-likeness (QED) is 0.881. The average molecular weight is 360 g/mol. The molecular weight excluding hydrogens is 338 g/mol. The second kappa shape index (κ2) is 7.74. The van der Waals surface area contributed by atoms with Gasteiger partial charge in [0.1, 0.15) is 11.4 Å². The first-order valence-electron chi connectivity index (χ1n) is 8.42. The van der Waals surface area contributed by atoms with Crippen LogP contribution in [-0.4, -0.2) is 36.0 Å². The van der Waals surface area contributed by atoms with E-state index in [9.17, 15) is 4.79 Å². The van der Waals surface area contributed by atoms with Crippen LogP contribution in [0.4, 0.5) is 11.4 Å². The fraction of sp³-hybridized carbons (Fsp3) is 0.368. The molecule has 0 radical (unpaired) electrons. The lowest BCUT2D eigenvalue weighted by Gasteiger charge is -2.30. The molecule has 1 fully saturated rings. The Morgan fingerprint density at radius 2 is 1.96 bits per heavy atom. The van der Waals surface area contributed by atoms with Gasteiger partial charge in [0.2, 0.25) is 0 Å². The van der Waals surface area contributed by atoms with Gasteiger partial charge in [-0.15, -0.1) is 0 Å². The molecule has 0 unspecified atom stereocenters. The van der Waals surface area contributed by atoms with Crippen LogP contribution >= 0.6 is 11.6 Å². The summed E-state index contributed by atoms with van der Waals surface area (Å²) >= 11 is 6.13. The van der Waals surface area contributed by atoms with Crippen molar-refractivity contribution in [3.05, 3.63) is 47.2 Å². The Bertz CT molecular complexity index is 741. The number of piperidine rings is 1. The zero-order valence-electron chi connectivity index (χ0n) is 14.5. The maximum Gasteiger partial charge on any atom is 0.272 e. The van der Waals surface area contributed by atoms with Crippen molar-refractivity contribution in [2.45, 2.75) is 19.8 Å². The first-order valence-corrected chi connectivity index (χ1v) is 8.80. The summed E-state index contributed by atoms with van der Waals surface area (Å²) in [4.78, 5) is 18.7. The molecule has 6 heteroatoms. The van der Waals surface area contributed by atoms with Crippen molar-refractivity contribution in [1.82, 2.24) is 9.88 Å². The van der Waals surface area contributed by atoms with Crippen molar-refractivity contribution in [3.63, 3.8) is 0 Å². The molecule has 0 saturated carbocycles. The van der Waals surface area contributed by atoms with E-state index in [1.54, 1.807) is 31.5 Å². The first kappa shape index (κ1) is 17.5. The predicted molar refractivity (Wildman–Crippen MR) is 99.8 cm³/mol.